The lowest BCUT2D eigenvalue weighted by molar-refractivity contribution is 0.464. The van der Waals surface area contributed by atoms with Crippen LogP contribution >= 0.6 is 0 Å². The lowest BCUT2D eigenvalue weighted by Crippen LogP contribution is -2.40. The zero-order valence-corrected chi connectivity index (χ0v) is 14.4. The third-order valence-electron chi connectivity index (χ3n) is 3.69. The van der Waals surface area contributed by atoms with Crippen molar-refractivity contribution in [2.24, 2.45) is 10.4 Å². The van der Waals surface area contributed by atoms with Gasteiger partial charge in [-0.1, -0.05) is 6.08 Å². The molecule has 0 atom stereocenters. The third-order valence-corrected chi connectivity index (χ3v) is 4.82. The molecule has 0 amide bonds. The van der Waals surface area contributed by atoms with Crippen LogP contribution in [0.15, 0.2) is 17.6 Å². The van der Waals surface area contributed by atoms with E-state index in [0.717, 1.165) is 44.7 Å². The summed E-state index contributed by atoms with van der Waals surface area (Å²) in [6, 6.07) is 0. The van der Waals surface area contributed by atoms with E-state index in [0.29, 0.717) is 6.54 Å². The maximum absolute atomic E-state index is 11.5. The Balaban J connectivity index is 2.61. The fourth-order valence-corrected chi connectivity index (χ4v) is 3.86. The molecular formula is C15H29N3O2S. The number of guanidine groups is 1. The summed E-state index contributed by atoms with van der Waals surface area (Å²) in [4.78, 5) is 6.75. The molecule has 122 valence electrons. The largest absolute Gasteiger partial charge is 0.357 e. The Kier molecular flexibility index (Phi) is 6.71. The Hall–Kier alpha value is -1.04. The first-order chi connectivity index (χ1) is 9.82. The molecule has 0 heterocycles. The Morgan fingerprint density at radius 2 is 2.14 bits per heavy atom. The van der Waals surface area contributed by atoms with Gasteiger partial charge in [-0.05, 0) is 32.6 Å². The lowest BCUT2D eigenvalue weighted by Gasteiger charge is -2.22. The predicted octanol–water partition coefficient (Wildman–Crippen LogP) is 1.67. The molecule has 0 aliphatic heterocycles. The summed E-state index contributed by atoms with van der Waals surface area (Å²) in [7, 11) is -0.917. The maximum atomic E-state index is 11.5. The van der Waals surface area contributed by atoms with E-state index in [-0.39, 0.29) is 11.2 Å². The second-order valence-electron chi connectivity index (χ2n) is 6.09. The van der Waals surface area contributed by atoms with Gasteiger partial charge in [0, 0.05) is 38.4 Å². The maximum Gasteiger partial charge on any atom is 0.193 e. The van der Waals surface area contributed by atoms with Gasteiger partial charge >= 0.3 is 0 Å². The normalized spacial score (nSPS) is 17.4. The van der Waals surface area contributed by atoms with Gasteiger partial charge < -0.3 is 10.2 Å². The summed E-state index contributed by atoms with van der Waals surface area (Å²) in [5.41, 5.74) is -0.115. The van der Waals surface area contributed by atoms with Crippen LogP contribution in [-0.2, 0) is 9.84 Å². The van der Waals surface area contributed by atoms with Gasteiger partial charge in [-0.25, -0.2) is 8.42 Å². The number of nitrogens with zero attached hydrogens (tertiary/aromatic N) is 2. The molecule has 5 nitrogen and oxygen atoms in total. The first-order valence-electron chi connectivity index (χ1n) is 7.60. The van der Waals surface area contributed by atoms with Crippen molar-refractivity contribution >= 4 is 15.8 Å². The Labute approximate surface area is 129 Å². The van der Waals surface area contributed by atoms with Crippen LogP contribution in [0.4, 0.5) is 0 Å². The van der Waals surface area contributed by atoms with Crippen molar-refractivity contribution in [3.8, 4) is 0 Å². The summed E-state index contributed by atoms with van der Waals surface area (Å²) in [5, 5.41) is 3.27. The molecule has 1 aliphatic rings. The summed E-state index contributed by atoms with van der Waals surface area (Å²) < 4.78 is 23.0. The van der Waals surface area contributed by atoms with Gasteiger partial charge in [0.15, 0.2) is 5.96 Å². The number of hydrogen-bond donors (Lipinski definition) is 1. The quantitative estimate of drug-likeness (QED) is 0.304. The van der Waals surface area contributed by atoms with Crippen molar-refractivity contribution in [2.45, 2.75) is 32.6 Å². The predicted molar refractivity (Wildman–Crippen MR) is 89.4 cm³/mol. The topological polar surface area (TPSA) is 61.8 Å². The minimum atomic E-state index is -2.93. The van der Waals surface area contributed by atoms with E-state index in [2.05, 4.69) is 21.8 Å². The van der Waals surface area contributed by atoms with Gasteiger partial charge in [-0.15, -0.1) is 6.58 Å². The van der Waals surface area contributed by atoms with Crippen molar-refractivity contribution in [3.63, 3.8) is 0 Å². The van der Waals surface area contributed by atoms with E-state index in [4.69, 9.17) is 0 Å². The second kappa shape index (κ2) is 7.82. The fourth-order valence-electron chi connectivity index (χ4n) is 2.37. The first kappa shape index (κ1) is 18.0. The first-order valence-corrected chi connectivity index (χ1v) is 9.66. The van der Waals surface area contributed by atoms with E-state index in [1.807, 2.05) is 20.0 Å². The fraction of sp³-hybridized carbons (Fsp3) is 0.800. The van der Waals surface area contributed by atoms with Crippen LogP contribution in [0.5, 0.6) is 0 Å². The number of nitrogens with one attached hydrogen (secondary N) is 1. The van der Waals surface area contributed by atoms with E-state index in [1.54, 1.807) is 0 Å². The molecule has 0 aromatic carbocycles. The standard InChI is InChI=1S/C15H29N3O2S/c1-5-7-8-11-18(3)14(16-6-2)17-12-15(9-10-15)13-21(4,19)20/h5H,1,6-13H2,2-4H3,(H,16,17). The van der Waals surface area contributed by atoms with Gasteiger partial charge in [0.25, 0.3) is 0 Å². The Morgan fingerprint density at radius 1 is 1.48 bits per heavy atom. The molecule has 1 N–H and O–H groups in total. The molecule has 1 fully saturated rings. The lowest BCUT2D eigenvalue weighted by atomic mass is 10.1. The summed E-state index contributed by atoms with van der Waals surface area (Å²) >= 11 is 0. The van der Waals surface area contributed by atoms with Gasteiger partial charge in [0.2, 0.25) is 0 Å². The smallest absolute Gasteiger partial charge is 0.193 e. The molecule has 1 saturated carbocycles. The van der Waals surface area contributed by atoms with Gasteiger partial charge in [0.1, 0.15) is 9.84 Å². The molecule has 0 spiro atoms. The molecule has 0 unspecified atom stereocenters. The molecule has 1 rings (SSSR count). The summed E-state index contributed by atoms with van der Waals surface area (Å²) in [5.74, 6) is 1.12. The van der Waals surface area contributed by atoms with E-state index >= 15 is 0 Å². The molecule has 1 aliphatic carbocycles. The van der Waals surface area contributed by atoms with Crippen LogP contribution in [0, 0.1) is 5.41 Å². The van der Waals surface area contributed by atoms with Crippen LogP contribution < -0.4 is 5.32 Å². The molecule has 0 radical (unpaired) electrons. The monoisotopic (exact) mass is 315 g/mol. The minimum Gasteiger partial charge on any atom is -0.357 e. The Morgan fingerprint density at radius 3 is 2.62 bits per heavy atom. The summed E-state index contributed by atoms with van der Waals surface area (Å²) in [6.07, 6.45) is 7.18. The highest BCUT2D eigenvalue weighted by Gasteiger charge is 2.45. The number of unbranched alkanes of at least 4 members (excludes halogenated alkanes) is 1. The van der Waals surface area contributed by atoms with Crippen LogP contribution in [0.25, 0.3) is 0 Å². The third kappa shape index (κ3) is 6.98. The van der Waals surface area contributed by atoms with E-state index in [1.165, 1.54) is 6.26 Å². The SMILES string of the molecule is C=CCCCN(C)C(=NCC1(CS(C)(=O)=O)CC1)NCC. The van der Waals surface area contributed by atoms with Crippen molar-refractivity contribution in [2.75, 3.05) is 38.7 Å². The van der Waals surface area contributed by atoms with Crippen molar-refractivity contribution in [3.05, 3.63) is 12.7 Å². The van der Waals surface area contributed by atoms with Gasteiger partial charge in [-0.3, -0.25) is 4.99 Å². The number of aliphatic imine (C=N–C) groups is 1. The minimum absolute atomic E-state index is 0.115. The highest BCUT2D eigenvalue weighted by atomic mass is 32.2. The van der Waals surface area contributed by atoms with Crippen molar-refractivity contribution < 1.29 is 8.42 Å². The molecule has 6 heteroatoms. The molecule has 0 aromatic rings. The van der Waals surface area contributed by atoms with Crippen LogP contribution in [0.1, 0.15) is 32.6 Å². The Bertz CT molecular complexity index is 467. The highest BCUT2D eigenvalue weighted by Crippen LogP contribution is 2.46. The number of allylic oxidation sites excluding steroid dienone is 1. The van der Waals surface area contributed by atoms with Crippen LogP contribution in [0.2, 0.25) is 0 Å². The second-order valence-corrected chi connectivity index (χ2v) is 8.23. The van der Waals surface area contributed by atoms with Crippen molar-refractivity contribution in [1.82, 2.24) is 10.2 Å². The van der Waals surface area contributed by atoms with Crippen LogP contribution in [-0.4, -0.2) is 58.0 Å². The summed E-state index contributed by atoms with van der Waals surface area (Å²) in [6.45, 7) is 8.08. The zero-order chi connectivity index (χ0) is 15.9. The van der Waals surface area contributed by atoms with E-state index in [9.17, 15) is 8.42 Å². The molecular weight excluding hydrogens is 286 g/mol. The van der Waals surface area contributed by atoms with Crippen molar-refractivity contribution in [1.29, 1.82) is 0 Å². The highest BCUT2D eigenvalue weighted by molar-refractivity contribution is 7.90. The molecule has 0 aromatic heterocycles. The van der Waals surface area contributed by atoms with Crippen LogP contribution in [0.3, 0.4) is 0 Å². The number of hydrogen-bond acceptors (Lipinski definition) is 3. The average Bonchev–Trinajstić information content (AvgIpc) is 3.12. The number of rotatable bonds is 9. The van der Waals surface area contributed by atoms with Gasteiger partial charge in [-0.2, -0.15) is 0 Å². The average molecular weight is 315 g/mol. The molecule has 0 bridgehead atoms. The number of sulfone groups is 1. The molecule has 21 heavy (non-hydrogen) atoms. The van der Waals surface area contributed by atoms with E-state index < -0.39 is 9.84 Å². The zero-order valence-electron chi connectivity index (χ0n) is 13.6. The van der Waals surface area contributed by atoms with Gasteiger partial charge in [0.05, 0.1) is 5.75 Å². The molecule has 0 saturated heterocycles.